The number of carbonyl (C=O) groups is 1. The third-order valence-corrected chi connectivity index (χ3v) is 4.03. The van der Waals surface area contributed by atoms with Crippen LogP contribution in [0.3, 0.4) is 0 Å². The van der Waals surface area contributed by atoms with Gasteiger partial charge in [-0.2, -0.15) is 0 Å². The molecule has 0 unspecified atom stereocenters. The summed E-state index contributed by atoms with van der Waals surface area (Å²) in [5, 5.41) is 9.46. The van der Waals surface area contributed by atoms with E-state index in [0.717, 1.165) is 11.3 Å². The van der Waals surface area contributed by atoms with Gasteiger partial charge < -0.3 is 13.9 Å². The smallest absolute Gasteiger partial charge is 0.372 e. The van der Waals surface area contributed by atoms with Crippen molar-refractivity contribution in [3.63, 3.8) is 0 Å². The molecule has 1 aromatic rings. The van der Waals surface area contributed by atoms with Crippen molar-refractivity contribution in [1.82, 2.24) is 0 Å². The minimum absolute atomic E-state index is 0.0273. The van der Waals surface area contributed by atoms with Crippen LogP contribution in [0.4, 0.5) is 0 Å². The molecule has 0 bridgehead atoms. The summed E-state index contributed by atoms with van der Waals surface area (Å²) in [5.74, 6) is -0.254. The van der Waals surface area contributed by atoms with E-state index in [1.54, 1.807) is 0 Å². The van der Waals surface area contributed by atoms with E-state index in [-0.39, 0.29) is 16.6 Å². The summed E-state index contributed by atoms with van der Waals surface area (Å²) in [7, 11) is -1.23. The molecule has 5 heteroatoms. The molecule has 0 aromatic carbocycles. The standard InChI is InChI=1S/C16H28O4Si/c1-15(2,3)11-10(9-19-21(7)8)12(14(17)18)20-13(11)16(4,5)6/h21H,9H2,1-8H3,(H,17,18). The van der Waals surface area contributed by atoms with Crippen molar-refractivity contribution in [2.45, 2.75) is 72.1 Å². The number of aromatic carboxylic acids is 1. The maximum atomic E-state index is 11.5. The van der Waals surface area contributed by atoms with Crippen molar-refractivity contribution < 1.29 is 18.7 Å². The Morgan fingerprint density at radius 2 is 1.67 bits per heavy atom. The Labute approximate surface area is 129 Å². The Hall–Kier alpha value is -1.07. The average molecular weight is 312 g/mol. The van der Waals surface area contributed by atoms with Gasteiger partial charge in [0.25, 0.3) is 0 Å². The van der Waals surface area contributed by atoms with Gasteiger partial charge in [0.05, 0.1) is 6.61 Å². The second kappa shape index (κ2) is 5.97. The van der Waals surface area contributed by atoms with Crippen molar-refractivity contribution in [3.8, 4) is 0 Å². The number of rotatable bonds is 4. The quantitative estimate of drug-likeness (QED) is 0.851. The highest BCUT2D eigenvalue weighted by molar-refractivity contribution is 6.48. The van der Waals surface area contributed by atoms with Crippen LogP contribution in [0.25, 0.3) is 0 Å². The second-order valence-corrected chi connectivity index (χ2v) is 10.2. The van der Waals surface area contributed by atoms with Gasteiger partial charge in [0.1, 0.15) is 5.76 Å². The lowest BCUT2D eigenvalue weighted by Crippen LogP contribution is -2.22. The lowest BCUT2D eigenvalue weighted by Gasteiger charge is -2.26. The van der Waals surface area contributed by atoms with Gasteiger partial charge in [-0.1, -0.05) is 41.5 Å². The SMILES string of the molecule is C[SiH](C)OCc1c(C(=O)O)oc(C(C)(C)C)c1C(C)(C)C. The Morgan fingerprint density at radius 1 is 1.14 bits per heavy atom. The molecule has 0 amide bonds. The van der Waals surface area contributed by atoms with Crippen LogP contribution in [0.1, 0.15) is 69.0 Å². The third-order valence-electron chi connectivity index (χ3n) is 3.19. The average Bonchev–Trinajstić information content (AvgIpc) is 2.64. The van der Waals surface area contributed by atoms with E-state index < -0.39 is 15.0 Å². The molecule has 0 fully saturated rings. The zero-order valence-electron chi connectivity index (χ0n) is 14.5. The molecule has 1 aromatic heterocycles. The van der Waals surface area contributed by atoms with Crippen molar-refractivity contribution in [2.24, 2.45) is 0 Å². The number of carboxylic acid groups (broad SMARTS) is 1. The summed E-state index contributed by atoms with van der Waals surface area (Å²) >= 11 is 0. The molecule has 21 heavy (non-hydrogen) atoms. The van der Waals surface area contributed by atoms with Gasteiger partial charge in [-0.3, -0.25) is 0 Å². The van der Waals surface area contributed by atoms with Gasteiger partial charge >= 0.3 is 5.97 Å². The molecule has 0 aliphatic heterocycles. The molecule has 0 radical (unpaired) electrons. The van der Waals surface area contributed by atoms with Crippen LogP contribution in [-0.2, 0) is 21.9 Å². The van der Waals surface area contributed by atoms with Crippen LogP contribution in [0.15, 0.2) is 4.42 Å². The molecule has 0 saturated carbocycles. The minimum Gasteiger partial charge on any atom is -0.475 e. The summed E-state index contributed by atoms with van der Waals surface area (Å²) in [4.78, 5) is 11.5. The highest BCUT2D eigenvalue weighted by Crippen LogP contribution is 2.40. The molecular weight excluding hydrogens is 284 g/mol. The Kier molecular flexibility index (Phi) is 5.11. The molecule has 0 aliphatic carbocycles. The van der Waals surface area contributed by atoms with Crippen LogP contribution < -0.4 is 0 Å². The second-order valence-electron chi connectivity index (χ2n) is 7.78. The summed E-state index contributed by atoms with van der Waals surface area (Å²) in [5.41, 5.74) is 1.22. The van der Waals surface area contributed by atoms with E-state index in [4.69, 9.17) is 8.84 Å². The van der Waals surface area contributed by atoms with Gasteiger partial charge in [-0.25, -0.2) is 4.79 Å². The molecule has 0 saturated heterocycles. The van der Waals surface area contributed by atoms with Crippen LogP contribution in [0.5, 0.6) is 0 Å². The first-order chi connectivity index (χ1) is 9.35. The van der Waals surface area contributed by atoms with E-state index >= 15 is 0 Å². The molecule has 120 valence electrons. The van der Waals surface area contributed by atoms with Gasteiger partial charge in [0.15, 0.2) is 9.04 Å². The summed E-state index contributed by atoms with van der Waals surface area (Å²) in [6.45, 7) is 16.8. The van der Waals surface area contributed by atoms with E-state index in [0.29, 0.717) is 12.2 Å². The molecule has 1 rings (SSSR count). The summed E-state index contributed by atoms with van der Waals surface area (Å²) < 4.78 is 11.6. The van der Waals surface area contributed by atoms with E-state index in [1.165, 1.54) is 0 Å². The molecule has 4 nitrogen and oxygen atoms in total. The first-order valence-electron chi connectivity index (χ1n) is 7.37. The fourth-order valence-corrected chi connectivity index (χ4v) is 2.85. The molecule has 0 spiro atoms. The zero-order chi connectivity index (χ0) is 16.6. The van der Waals surface area contributed by atoms with Crippen LogP contribution >= 0.6 is 0 Å². The van der Waals surface area contributed by atoms with E-state index in [9.17, 15) is 9.90 Å². The molecule has 1 heterocycles. The summed E-state index contributed by atoms with van der Waals surface area (Å²) in [6.07, 6.45) is 0. The highest BCUT2D eigenvalue weighted by Gasteiger charge is 2.36. The predicted octanol–water partition coefficient (Wildman–Crippen LogP) is 4.07. The van der Waals surface area contributed by atoms with Crippen molar-refractivity contribution in [1.29, 1.82) is 0 Å². The van der Waals surface area contributed by atoms with Gasteiger partial charge in [-0.15, -0.1) is 0 Å². The van der Waals surface area contributed by atoms with Gasteiger partial charge in [-0.05, 0) is 18.5 Å². The Balaban J connectivity index is 3.55. The molecule has 0 atom stereocenters. The normalized spacial score (nSPS) is 13.0. The fourth-order valence-electron chi connectivity index (χ4n) is 2.35. The molecule has 0 aliphatic rings. The first kappa shape index (κ1) is 18.0. The number of furan rings is 1. The van der Waals surface area contributed by atoms with Crippen LogP contribution in [0, 0.1) is 0 Å². The van der Waals surface area contributed by atoms with Crippen molar-refractivity contribution >= 4 is 15.0 Å². The van der Waals surface area contributed by atoms with E-state index in [1.807, 2.05) is 20.8 Å². The molecular formula is C16H28O4Si. The monoisotopic (exact) mass is 312 g/mol. The van der Waals surface area contributed by atoms with Gasteiger partial charge in [0.2, 0.25) is 5.76 Å². The van der Waals surface area contributed by atoms with E-state index in [2.05, 4.69) is 33.9 Å². The third kappa shape index (κ3) is 4.20. The topological polar surface area (TPSA) is 59.7 Å². The maximum Gasteiger partial charge on any atom is 0.372 e. The zero-order valence-corrected chi connectivity index (χ0v) is 15.6. The largest absolute Gasteiger partial charge is 0.475 e. The van der Waals surface area contributed by atoms with Crippen molar-refractivity contribution in [3.05, 3.63) is 22.6 Å². The van der Waals surface area contributed by atoms with Crippen LogP contribution in [-0.4, -0.2) is 20.1 Å². The number of carboxylic acids is 1. The van der Waals surface area contributed by atoms with Crippen molar-refractivity contribution in [2.75, 3.05) is 0 Å². The minimum atomic E-state index is -1.23. The maximum absolute atomic E-state index is 11.5. The molecule has 1 N–H and O–H groups in total. The highest BCUT2D eigenvalue weighted by atomic mass is 28.3. The Bertz CT molecular complexity index is 516. The first-order valence-corrected chi connectivity index (χ1v) is 10.1. The Morgan fingerprint density at radius 3 is 2.00 bits per heavy atom. The number of hydrogen-bond donors (Lipinski definition) is 1. The lowest BCUT2D eigenvalue weighted by atomic mass is 9.78. The van der Waals surface area contributed by atoms with Gasteiger partial charge in [0, 0.05) is 16.5 Å². The fraction of sp³-hybridized carbons (Fsp3) is 0.688. The summed E-state index contributed by atoms with van der Waals surface area (Å²) in [6, 6.07) is 0. The lowest BCUT2D eigenvalue weighted by molar-refractivity contribution is 0.0654. The van der Waals surface area contributed by atoms with Crippen LogP contribution in [0.2, 0.25) is 13.1 Å². The predicted molar refractivity (Wildman–Crippen MR) is 86.7 cm³/mol. The number of hydrogen-bond acceptors (Lipinski definition) is 3.